The lowest BCUT2D eigenvalue weighted by Crippen LogP contribution is -2.36. The molecule has 1 fully saturated rings. The van der Waals surface area contributed by atoms with Crippen LogP contribution in [0.1, 0.15) is 6.92 Å². The number of rotatable bonds is 6. The summed E-state index contributed by atoms with van der Waals surface area (Å²) in [7, 11) is 0. The molecule has 0 atom stereocenters. The van der Waals surface area contributed by atoms with E-state index in [1.807, 2.05) is 24.3 Å². The van der Waals surface area contributed by atoms with Crippen LogP contribution < -0.4 is 15.5 Å². The first kappa shape index (κ1) is 23.3. The van der Waals surface area contributed by atoms with Gasteiger partial charge in [0.15, 0.2) is 0 Å². The SMILES string of the molecule is CC(F)=CC(=O)Nc1cccc(-c2nccc3cnc(Nc4ccc(N5CCOCC5)nc4)nc23)c1. The van der Waals surface area contributed by atoms with Gasteiger partial charge in [0.05, 0.1) is 30.8 Å². The van der Waals surface area contributed by atoms with E-state index < -0.39 is 11.7 Å². The third kappa shape index (κ3) is 5.44. The summed E-state index contributed by atoms with van der Waals surface area (Å²) < 4.78 is 18.4. The number of hydrogen-bond acceptors (Lipinski definition) is 8. The van der Waals surface area contributed by atoms with Crippen LogP contribution in [0.4, 0.5) is 27.5 Å². The van der Waals surface area contributed by atoms with Crippen molar-refractivity contribution in [3.05, 3.63) is 73.0 Å². The molecule has 1 aromatic carbocycles. The molecule has 1 saturated heterocycles. The minimum absolute atomic E-state index is 0.408. The van der Waals surface area contributed by atoms with E-state index in [0.717, 1.165) is 41.6 Å². The quantitative estimate of drug-likeness (QED) is 0.385. The molecular weight excluding hydrogens is 461 g/mol. The van der Waals surface area contributed by atoms with Crippen LogP contribution in [0, 0.1) is 0 Å². The van der Waals surface area contributed by atoms with E-state index >= 15 is 0 Å². The standard InChI is InChI=1S/C26H24FN7O2/c1-17(27)13-23(35)31-20-4-2-3-18(14-20)24-25-19(7-8-28-24)15-30-26(33-25)32-21-5-6-22(29-16-21)34-9-11-36-12-10-34/h2-8,13-16H,9-12H2,1H3,(H,31,35)(H,30,32,33). The lowest BCUT2D eigenvalue weighted by atomic mass is 10.1. The number of halogens is 1. The Bertz CT molecular complexity index is 1420. The highest BCUT2D eigenvalue weighted by Gasteiger charge is 2.13. The first-order chi connectivity index (χ1) is 17.5. The molecule has 1 amide bonds. The van der Waals surface area contributed by atoms with Crippen molar-refractivity contribution >= 4 is 40.0 Å². The monoisotopic (exact) mass is 485 g/mol. The zero-order valence-electron chi connectivity index (χ0n) is 19.6. The van der Waals surface area contributed by atoms with Crippen LogP contribution >= 0.6 is 0 Å². The summed E-state index contributed by atoms with van der Waals surface area (Å²) in [5.74, 6) is 0.201. The van der Waals surface area contributed by atoms with Gasteiger partial charge in [-0.2, -0.15) is 0 Å². The van der Waals surface area contributed by atoms with E-state index in [-0.39, 0.29) is 0 Å². The number of carbonyl (C=O) groups is 1. The van der Waals surface area contributed by atoms with Gasteiger partial charge in [0.25, 0.3) is 5.91 Å². The molecule has 1 aliphatic heterocycles. The van der Waals surface area contributed by atoms with Crippen molar-refractivity contribution in [1.82, 2.24) is 19.9 Å². The van der Waals surface area contributed by atoms with Gasteiger partial charge in [0, 0.05) is 48.2 Å². The summed E-state index contributed by atoms with van der Waals surface area (Å²) in [4.78, 5) is 32.3. The molecule has 4 aromatic rings. The third-order valence-corrected chi connectivity index (χ3v) is 5.57. The predicted octanol–water partition coefficient (Wildman–Crippen LogP) is 4.48. The second-order valence-corrected chi connectivity index (χ2v) is 8.22. The first-order valence-corrected chi connectivity index (χ1v) is 11.5. The second kappa shape index (κ2) is 10.4. The van der Waals surface area contributed by atoms with Gasteiger partial charge in [-0.25, -0.2) is 19.3 Å². The predicted molar refractivity (Wildman–Crippen MR) is 137 cm³/mol. The summed E-state index contributed by atoms with van der Waals surface area (Å²) in [6, 6.07) is 12.9. The van der Waals surface area contributed by atoms with Crippen LogP contribution in [0.25, 0.3) is 22.2 Å². The number of pyridine rings is 2. The van der Waals surface area contributed by atoms with Gasteiger partial charge in [-0.3, -0.25) is 9.78 Å². The summed E-state index contributed by atoms with van der Waals surface area (Å²) in [5, 5.41) is 6.68. The van der Waals surface area contributed by atoms with Gasteiger partial charge in [-0.05, 0) is 37.3 Å². The van der Waals surface area contributed by atoms with Crippen molar-refractivity contribution in [2.75, 3.05) is 41.8 Å². The van der Waals surface area contributed by atoms with E-state index in [1.165, 1.54) is 6.92 Å². The van der Waals surface area contributed by atoms with E-state index in [2.05, 4.69) is 30.5 Å². The van der Waals surface area contributed by atoms with Crippen LogP contribution in [-0.2, 0) is 9.53 Å². The van der Waals surface area contributed by atoms with Crippen molar-refractivity contribution in [1.29, 1.82) is 0 Å². The molecular formula is C26H24FN7O2. The maximum absolute atomic E-state index is 13.0. The number of hydrogen-bond donors (Lipinski definition) is 2. The molecule has 0 bridgehead atoms. The third-order valence-electron chi connectivity index (χ3n) is 5.57. The zero-order valence-corrected chi connectivity index (χ0v) is 19.6. The summed E-state index contributed by atoms with van der Waals surface area (Å²) in [6.45, 7) is 4.26. The number of nitrogens with one attached hydrogen (secondary N) is 2. The number of anilines is 4. The maximum atomic E-state index is 13.0. The minimum Gasteiger partial charge on any atom is -0.378 e. The zero-order chi connectivity index (χ0) is 24.9. The number of allylic oxidation sites excluding steroid dienone is 1. The molecule has 4 heterocycles. The topological polar surface area (TPSA) is 105 Å². The lowest BCUT2D eigenvalue weighted by molar-refractivity contribution is -0.112. The average molecular weight is 486 g/mol. The van der Waals surface area contributed by atoms with E-state index in [9.17, 15) is 9.18 Å². The molecule has 3 aromatic heterocycles. The molecule has 2 N–H and O–H groups in total. The van der Waals surface area contributed by atoms with Crippen LogP contribution in [0.15, 0.2) is 73.0 Å². The molecule has 0 unspecified atom stereocenters. The number of fused-ring (bicyclic) bond motifs is 1. The lowest BCUT2D eigenvalue weighted by Gasteiger charge is -2.27. The number of ether oxygens (including phenoxy) is 1. The van der Waals surface area contributed by atoms with Crippen molar-refractivity contribution in [2.24, 2.45) is 0 Å². The molecule has 182 valence electrons. The minimum atomic E-state index is -0.568. The van der Waals surface area contributed by atoms with Crippen LogP contribution in [0.5, 0.6) is 0 Å². The van der Waals surface area contributed by atoms with Gasteiger partial charge >= 0.3 is 0 Å². The van der Waals surface area contributed by atoms with Gasteiger partial charge in [-0.1, -0.05) is 12.1 Å². The number of aromatic nitrogens is 4. The molecule has 5 rings (SSSR count). The normalized spacial score (nSPS) is 14.1. The fourth-order valence-electron chi connectivity index (χ4n) is 3.90. The molecule has 0 aliphatic carbocycles. The van der Waals surface area contributed by atoms with Crippen LogP contribution in [0.2, 0.25) is 0 Å². The Balaban J connectivity index is 1.39. The molecule has 9 nitrogen and oxygen atoms in total. The molecule has 36 heavy (non-hydrogen) atoms. The largest absolute Gasteiger partial charge is 0.378 e. The van der Waals surface area contributed by atoms with Crippen molar-refractivity contribution in [2.45, 2.75) is 6.92 Å². The number of carbonyl (C=O) groups excluding carboxylic acids is 1. The number of benzene rings is 1. The molecule has 1 aliphatic rings. The van der Waals surface area contributed by atoms with E-state index in [4.69, 9.17) is 9.72 Å². The molecule has 0 radical (unpaired) electrons. The highest BCUT2D eigenvalue weighted by Crippen LogP contribution is 2.28. The van der Waals surface area contributed by atoms with Gasteiger partial charge in [-0.15, -0.1) is 0 Å². The Kier molecular flexibility index (Phi) is 6.76. The summed E-state index contributed by atoms with van der Waals surface area (Å²) >= 11 is 0. The van der Waals surface area contributed by atoms with Crippen LogP contribution in [0.3, 0.4) is 0 Å². The Morgan fingerprint density at radius 2 is 1.92 bits per heavy atom. The van der Waals surface area contributed by atoms with Gasteiger partial charge in [0.2, 0.25) is 5.95 Å². The molecule has 10 heteroatoms. The number of nitrogens with zero attached hydrogens (tertiary/aromatic N) is 5. The Morgan fingerprint density at radius 1 is 1.06 bits per heavy atom. The van der Waals surface area contributed by atoms with Crippen molar-refractivity contribution in [3.63, 3.8) is 0 Å². The van der Waals surface area contributed by atoms with Gasteiger partial charge in [0.1, 0.15) is 17.2 Å². The molecule has 0 saturated carbocycles. The maximum Gasteiger partial charge on any atom is 0.250 e. The van der Waals surface area contributed by atoms with Crippen molar-refractivity contribution in [3.8, 4) is 11.3 Å². The fraction of sp³-hybridized carbons (Fsp3) is 0.192. The van der Waals surface area contributed by atoms with Gasteiger partial charge < -0.3 is 20.3 Å². The molecule has 0 spiro atoms. The highest BCUT2D eigenvalue weighted by molar-refractivity contribution is 6.00. The summed E-state index contributed by atoms with van der Waals surface area (Å²) in [5.41, 5.74) is 3.31. The Labute approximate surface area is 207 Å². The Hall–Kier alpha value is -4.44. The average Bonchev–Trinajstić information content (AvgIpc) is 2.89. The smallest absolute Gasteiger partial charge is 0.250 e. The number of amides is 1. The Morgan fingerprint density at radius 3 is 2.69 bits per heavy atom. The van der Waals surface area contributed by atoms with E-state index in [0.29, 0.717) is 36.1 Å². The van der Waals surface area contributed by atoms with Crippen molar-refractivity contribution < 1.29 is 13.9 Å². The van der Waals surface area contributed by atoms with Crippen LogP contribution in [-0.4, -0.2) is 52.1 Å². The number of morpholine rings is 1. The second-order valence-electron chi connectivity index (χ2n) is 8.22. The summed E-state index contributed by atoms with van der Waals surface area (Å²) in [6.07, 6.45) is 6.06. The highest BCUT2D eigenvalue weighted by atomic mass is 19.1. The van der Waals surface area contributed by atoms with E-state index in [1.54, 1.807) is 36.8 Å². The first-order valence-electron chi connectivity index (χ1n) is 11.5. The fourth-order valence-corrected chi connectivity index (χ4v) is 3.90.